The number of aliphatic hydroxyl groups is 1. The molecule has 0 amide bonds. The second-order valence-electron chi connectivity index (χ2n) is 2.81. The zero-order valence-corrected chi connectivity index (χ0v) is 10.00. The van der Waals surface area contributed by atoms with E-state index in [1.165, 1.54) is 20.3 Å². The number of aliphatic hydroxyl groups excluding tert-OH is 1. The first-order chi connectivity index (χ1) is 7.13. The fourth-order valence-corrected chi connectivity index (χ4v) is 1.88. The van der Waals surface area contributed by atoms with E-state index in [9.17, 15) is 4.79 Å². The van der Waals surface area contributed by atoms with Gasteiger partial charge in [0.1, 0.15) is 11.3 Å². The second-order valence-corrected chi connectivity index (χ2v) is 3.66. The molecule has 0 heterocycles. The SMILES string of the molecule is COC(=O)c1cc(CO)cc(Br)c1OC. The van der Waals surface area contributed by atoms with Crippen molar-refractivity contribution < 1.29 is 19.4 Å². The van der Waals surface area contributed by atoms with Gasteiger partial charge in [0.25, 0.3) is 0 Å². The van der Waals surface area contributed by atoms with Crippen LogP contribution in [0.1, 0.15) is 15.9 Å². The van der Waals surface area contributed by atoms with Gasteiger partial charge in [-0.2, -0.15) is 0 Å². The first-order valence-electron chi connectivity index (χ1n) is 4.19. The van der Waals surface area contributed by atoms with Crippen molar-refractivity contribution in [3.05, 3.63) is 27.7 Å². The largest absolute Gasteiger partial charge is 0.495 e. The average Bonchev–Trinajstić information content (AvgIpc) is 2.26. The van der Waals surface area contributed by atoms with Crippen LogP contribution in [0.5, 0.6) is 5.75 Å². The minimum Gasteiger partial charge on any atom is -0.495 e. The van der Waals surface area contributed by atoms with Crippen LogP contribution < -0.4 is 4.74 Å². The third-order valence-corrected chi connectivity index (χ3v) is 2.48. The molecule has 1 aromatic carbocycles. The summed E-state index contributed by atoms with van der Waals surface area (Å²) in [5, 5.41) is 8.99. The van der Waals surface area contributed by atoms with Crippen molar-refractivity contribution in [2.75, 3.05) is 14.2 Å². The normalized spacial score (nSPS) is 9.87. The van der Waals surface area contributed by atoms with Crippen LogP contribution in [-0.2, 0) is 11.3 Å². The Morgan fingerprint density at radius 1 is 1.47 bits per heavy atom. The molecular weight excluding hydrogens is 264 g/mol. The molecule has 0 saturated heterocycles. The maximum atomic E-state index is 11.4. The number of rotatable bonds is 3. The van der Waals surface area contributed by atoms with Crippen LogP contribution >= 0.6 is 15.9 Å². The standard InChI is InChI=1S/C10H11BrO4/c1-14-9-7(10(13)15-2)3-6(5-12)4-8(9)11/h3-4,12H,5H2,1-2H3. The smallest absolute Gasteiger partial charge is 0.341 e. The number of methoxy groups -OCH3 is 2. The van der Waals surface area contributed by atoms with E-state index in [0.29, 0.717) is 21.3 Å². The van der Waals surface area contributed by atoms with E-state index in [-0.39, 0.29) is 6.61 Å². The highest BCUT2D eigenvalue weighted by molar-refractivity contribution is 9.10. The van der Waals surface area contributed by atoms with E-state index in [0.717, 1.165) is 0 Å². The highest BCUT2D eigenvalue weighted by Crippen LogP contribution is 2.31. The summed E-state index contributed by atoms with van der Waals surface area (Å²) in [6, 6.07) is 3.22. The summed E-state index contributed by atoms with van der Waals surface area (Å²) in [5.74, 6) is -0.0955. The molecule has 5 heteroatoms. The molecule has 0 unspecified atom stereocenters. The Bertz CT molecular complexity index is 376. The zero-order valence-electron chi connectivity index (χ0n) is 8.41. The molecule has 15 heavy (non-hydrogen) atoms. The Kier molecular flexibility index (Phi) is 4.11. The lowest BCUT2D eigenvalue weighted by Crippen LogP contribution is -2.05. The highest BCUT2D eigenvalue weighted by atomic mass is 79.9. The molecule has 4 nitrogen and oxygen atoms in total. The maximum Gasteiger partial charge on any atom is 0.341 e. The van der Waals surface area contributed by atoms with Gasteiger partial charge >= 0.3 is 5.97 Å². The molecule has 1 rings (SSSR count). The van der Waals surface area contributed by atoms with Gasteiger partial charge < -0.3 is 14.6 Å². The lowest BCUT2D eigenvalue weighted by atomic mass is 10.1. The summed E-state index contributed by atoms with van der Waals surface area (Å²) in [5.41, 5.74) is 0.904. The van der Waals surface area contributed by atoms with Crippen molar-refractivity contribution in [1.82, 2.24) is 0 Å². The predicted octanol–water partition coefficient (Wildman–Crippen LogP) is 1.74. The van der Waals surface area contributed by atoms with E-state index >= 15 is 0 Å². The Hall–Kier alpha value is -1.07. The van der Waals surface area contributed by atoms with Crippen molar-refractivity contribution in [3.8, 4) is 5.75 Å². The predicted molar refractivity (Wildman–Crippen MR) is 58.0 cm³/mol. The monoisotopic (exact) mass is 274 g/mol. The molecule has 0 aliphatic carbocycles. The second kappa shape index (κ2) is 5.14. The summed E-state index contributed by atoms with van der Waals surface area (Å²) >= 11 is 3.25. The van der Waals surface area contributed by atoms with Crippen LogP contribution in [0.15, 0.2) is 16.6 Å². The maximum absolute atomic E-state index is 11.4. The third kappa shape index (κ3) is 2.49. The van der Waals surface area contributed by atoms with E-state index in [1.54, 1.807) is 6.07 Å². The van der Waals surface area contributed by atoms with E-state index in [2.05, 4.69) is 20.7 Å². The first-order valence-corrected chi connectivity index (χ1v) is 4.99. The van der Waals surface area contributed by atoms with Crippen molar-refractivity contribution >= 4 is 21.9 Å². The summed E-state index contributed by atoms with van der Waals surface area (Å²) in [4.78, 5) is 11.4. The molecular formula is C10H11BrO4. The molecule has 0 saturated carbocycles. The number of esters is 1. The molecule has 0 radical (unpaired) electrons. The number of hydrogen-bond donors (Lipinski definition) is 1. The van der Waals surface area contributed by atoms with E-state index in [1.807, 2.05) is 0 Å². The van der Waals surface area contributed by atoms with Crippen molar-refractivity contribution in [2.45, 2.75) is 6.61 Å². The van der Waals surface area contributed by atoms with Gasteiger partial charge in [0.2, 0.25) is 0 Å². The Morgan fingerprint density at radius 3 is 2.60 bits per heavy atom. The van der Waals surface area contributed by atoms with Crippen molar-refractivity contribution in [1.29, 1.82) is 0 Å². The van der Waals surface area contributed by atoms with Crippen LogP contribution in [0.3, 0.4) is 0 Å². The summed E-state index contributed by atoms with van der Waals surface area (Å²) < 4.78 is 10.3. The topological polar surface area (TPSA) is 55.8 Å². The number of carbonyl (C=O) groups excluding carboxylic acids is 1. The minimum absolute atomic E-state index is 0.146. The van der Waals surface area contributed by atoms with Gasteiger partial charge in [0.15, 0.2) is 0 Å². The van der Waals surface area contributed by atoms with Gasteiger partial charge in [0, 0.05) is 0 Å². The minimum atomic E-state index is -0.497. The highest BCUT2D eigenvalue weighted by Gasteiger charge is 2.16. The fourth-order valence-electron chi connectivity index (χ4n) is 1.21. The molecule has 1 N–H and O–H groups in total. The Labute approximate surface area is 95.9 Å². The van der Waals surface area contributed by atoms with Gasteiger partial charge in [-0.1, -0.05) is 0 Å². The molecule has 82 valence electrons. The average molecular weight is 275 g/mol. The van der Waals surface area contributed by atoms with E-state index < -0.39 is 5.97 Å². The Morgan fingerprint density at radius 2 is 2.13 bits per heavy atom. The summed E-state index contributed by atoms with van der Waals surface area (Å²) in [6.45, 7) is -0.146. The molecule has 0 aromatic heterocycles. The van der Waals surface area contributed by atoms with Gasteiger partial charge in [-0.25, -0.2) is 4.79 Å². The van der Waals surface area contributed by atoms with Gasteiger partial charge in [-0.05, 0) is 33.6 Å². The lowest BCUT2D eigenvalue weighted by Gasteiger charge is -2.10. The van der Waals surface area contributed by atoms with Crippen LogP contribution in [0, 0.1) is 0 Å². The Balaban J connectivity index is 3.32. The van der Waals surface area contributed by atoms with Gasteiger partial charge in [-0.15, -0.1) is 0 Å². The fraction of sp³-hybridized carbons (Fsp3) is 0.300. The molecule has 0 atom stereocenters. The number of benzene rings is 1. The van der Waals surface area contributed by atoms with E-state index in [4.69, 9.17) is 9.84 Å². The molecule has 0 spiro atoms. The molecule has 0 aliphatic heterocycles. The summed E-state index contributed by atoms with van der Waals surface area (Å²) in [7, 11) is 2.76. The van der Waals surface area contributed by atoms with Crippen molar-refractivity contribution in [3.63, 3.8) is 0 Å². The number of halogens is 1. The van der Waals surface area contributed by atoms with Crippen LogP contribution in [0.4, 0.5) is 0 Å². The number of hydrogen-bond acceptors (Lipinski definition) is 4. The van der Waals surface area contributed by atoms with Crippen LogP contribution in [-0.4, -0.2) is 25.3 Å². The third-order valence-electron chi connectivity index (χ3n) is 1.90. The van der Waals surface area contributed by atoms with Gasteiger partial charge in [0.05, 0.1) is 25.3 Å². The lowest BCUT2D eigenvalue weighted by molar-refractivity contribution is 0.0596. The van der Waals surface area contributed by atoms with Crippen molar-refractivity contribution in [2.24, 2.45) is 0 Å². The molecule has 0 aliphatic rings. The van der Waals surface area contributed by atoms with Crippen LogP contribution in [0.25, 0.3) is 0 Å². The molecule has 0 bridgehead atoms. The molecule has 1 aromatic rings. The number of carbonyl (C=O) groups is 1. The van der Waals surface area contributed by atoms with Gasteiger partial charge in [-0.3, -0.25) is 0 Å². The zero-order chi connectivity index (χ0) is 11.4. The first kappa shape index (κ1) is 12.0. The number of ether oxygens (including phenoxy) is 2. The summed E-state index contributed by atoms with van der Waals surface area (Å²) in [6.07, 6.45) is 0. The molecule has 0 fully saturated rings. The van der Waals surface area contributed by atoms with Crippen LogP contribution in [0.2, 0.25) is 0 Å². The quantitative estimate of drug-likeness (QED) is 0.854.